The van der Waals surface area contributed by atoms with Gasteiger partial charge >= 0.3 is 0 Å². The van der Waals surface area contributed by atoms with E-state index in [1.165, 1.54) is 19.3 Å². The summed E-state index contributed by atoms with van der Waals surface area (Å²) in [6.07, 6.45) is 8.01. The molecule has 1 saturated heterocycles. The minimum absolute atomic E-state index is 0.0328. The molecule has 29 heavy (non-hydrogen) atoms. The molecule has 0 radical (unpaired) electrons. The molecule has 0 spiro atoms. The molecule has 1 aliphatic heterocycles. The van der Waals surface area contributed by atoms with Crippen molar-refractivity contribution in [1.82, 2.24) is 5.32 Å². The number of nitrogens with zero attached hydrogens (tertiary/aromatic N) is 1. The fourth-order valence-electron chi connectivity index (χ4n) is 4.33. The van der Waals surface area contributed by atoms with Crippen molar-refractivity contribution in [2.75, 3.05) is 23.3 Å². The van der Waals surface area contributed by atoms with E-state index in [1.54, 1.807) is 12.1 Å². The van der Waals surface area contributed by atoms with Gasteiger partial charge in [0.1, 0.15) is 0 Å². The Kier molecular flexibility index (Phi) is 6.13. The molecule has 5 heteroatoms. The van der Waals surface area contributed by atoms with Crippen LogP contribution >= 0.6 is 0 Å². The number of nitrogens with one attached hydrogen (secondary N) is 2. The maximum Gasteiger partial charge on any atom is 0.255 e. The molecule has 1 heterocycles. The number of benzene rings is 2. The monoisotopic (exact) mass is 391 g/mol. The average Bonchev–Trinajstić information content (AvgIpc) is 3.30. The van der Waals surface area contributed by atoms with Gasteiger partial charge in [-0.15, -0.1) is 0 Å². The summed E-state index contributed by atoms with van der Waals surface area (Å²) in [5.74, 6) is -0.201. The molecular formula is C24H29N3O2. The Morgan fingerprint density at radius 1 is 0.828 bits per heavy atom. The molecule has 0 unspecified atom stereocenters. The molecule has 2 aliphatic rings. The number of anilines is 2. The second kappa shape index (κ2) is 9.12. The molecule has 0 aromatic heterocycles. The highest BCUT2D eigenvalue weighted by molar-refractivity contribution is 6.06. The molecule has 2 N–H and O–H groups in total. The smallest absolute Gasteiger partial charge is 0.255 e. The van der Waals surface area contributed by atoms with Crippen molar-refractivity contribution in [2.24, 2.45) is 0 Å². The maximum atomic E-state index is 13.1. The average molecular weight is 392 g/mol. The number of carbonyl (C=O) groups excluding carboxylic acids is 2. The van der Waals surface area contributed by atoms with Crippen LogP contribution in [0.5, 0.6) is 0 Å². The van der Waals surface area contributed by atoms with E-state index in [1.807, 2.05) is 36.4 Å². The van der Waals surface area contributed by atoms with Gasteiger partial charge < -0.3 is 15.5 Å². The van der Waals surface area contributed by atoms with Crippen LogP contribution in [0.2, 0.25) is 0 Å². The van der Waals surface area contributed by atoms with E-state index in [0.29, 0.717) is 16.8 Å². The summed E-state index contributed by atoms with van der Waals surface area (Å²) in [5, 5.41) is 6.17. The second-order valence-electron chi connectivity index (χ2n) is 8.05. The predicted molar refractivity (Wildman–Crippen MR) is 117 cm³/mol. The first-order valence-electron chi connectivity index (χ1n) is 10.8. The zero-order valence-corrected chi connectivity index (χ0v) is 16.8. The quantitative estimate of drug-likeness (QED) is 0.783. The van der Waals surface area contributed by atoms with Gasteiger partial charge in [0.05, 0.1) is 5.56 Å². The van der Waals surface area contributed by atoms with Crippen molar-refractivity contribution in [3.05, 3.63) is 59.7 Å². The van der Waals surface area contributed by atoms with Crippen LogP contribution < -0.4 is 15.5 Å². The molecule has 5 nitrogen and oxygen atoms in total. The third-order valence-electron chi connectivity index (χ3n) is 5.92. The minimum atomic E-state index is -0.168. The second-order valence-corrected chi connectivity index (χ2v) is 8.05. The number of carbonyl (C=O) groups is 2. The van der Waals surface area contributed by atoms with Crippen LogP contribution in [0.4, 0.5) is 11.4 Å². The highest BCUT2D eigenvalue weighted by Gasteiger charge is 2.23. The zero-order valence-electron chi connectivity index (χ0n) is 16.8. The lowest BCUT2D eigenvalue weighted by Gasteiger charge is -2.25. The molecule has 2 aromatic rings. The fraction of sp³-hybridized carbons (Fsp3) is 0.417. The Balaban J connectivity index is 1.56. The molecule has 1 aliphatic carbocycles. The van der Waals surface area contributed by atoms with Crippen LogP contribution in [0.15, 0.2) is 48.5 Å². The highest BCUT2D eigenvalue weighted by atomic mass is 16.2. The van der Waals surface area contributed by atoms with Gasteiger partial charge in [-0.3, -0.25) is 9.59 Å². The van der Waals surface area contributed by atoms with Gasteiger partial charge in [-0.2, -0.15) is 0 Å². The molecular weight excluding hydrogens is 362 g/mol. The summed E-state index contributed by atoms with van der Waals surface area (Å²) in [7, 11) is 0. The molecule has 1 saturated carbocycles. The summed E-state index contributed by atoms with van der Waals surface area (Å²) in [4.78, 5) is 28.0. The van der Waals surface area contributed by atoms with E-state index in [0.717, 1.165) is 44.5 Å². The van der Waals surface area contributed by atoms with Crippen molar-refractivity contribution in [1.29, 1.82) is 0 Å². The normalized spacial score (nSPS) is 17.2. The van der Waals surface area contributed by atoms with Crippen molar-refractivity contribution in [3.8, 4) is 0 Å². The fourth-order valence-corrected chi connectivity index (χ4v) is 4.33. The van der Waals surface area contributed by atoms with Gasteiger partial charge in [0.2, 0.25) is 0 Å². The molecule has 0 atom stereocenters. The summed E-state index contributed by atoms with van der Waals surface area (Å²) < 4.78 is 0. The Bertz CT molecular complexity index is 854. The Labute approximate surface area is 172 Å². The van der Waals surface area contributed by atoms with Crippen LogP contribution in [-0.4, -0.2) is 30.9 Å². The van der Waals surface area contributed by atoms with E-state index < -0.39 is 0 Å². The molecule has 2 fully saturated rings. The van der Waals surface area contributed by atoms with Crippen molar-refractivity contribution in [2.45, 2.75) is 51.0 Å². The zero-order chi connectivity index (χ0) is 20.1. The number of hydrogen-bond donors (Lipinski definition) is 2. The van der Waals surface area contributed by atoms with Crippen LogP contribution in [0.25, 0.3) is 0 Å². The van der Waals surface area contributed by atoms with Gasteiger partial charge in [-0.25, -0.2) is 0 Å². The topological polar surface area (TPSA) is 61.4 Å². The number of hydrogen-bond acceptors (Lipinski definition) is 3. The number of rotatable bonds is 5. The first-order chi connectivity index (χ1) is 14.2. The molecule has 2 amide bonds. The van der Waals surface area contributed by atoms with Crippen LogP contribution in [0.1, 0.15) is 65.7 Å². The summed E-state index contributed by atoms with van der Waals surface area (Å²) >= 11 is 0. The lowest BCUT2D eigenvalue weighted by Crippen LogP contribution is -2.37. The van der Waals surface area contributed by atoms with E-state index in [4.69, 9.17) is 0 Å². The third kappa shape index (κ3) is 4.78. The van der Waals surface area contributed by atoms with Crippen LogP contribution in [-0.2, 0) is 0 Å². The van der Waals surface area contributed by atoms with Crippen LogP contribution in [0, 0.1) is 0 Å². The maximum absolute atomic E-state index is 13.1. The minimum Gasteiger partial charge on any atom is -0.371 e. The SMILES string of the molecule is O=C(Nc1ccc(N2CCCC2)c(C(=O)NC2CCCCC2)c1)c1ccccc1. The summed E-state index contributed by atoms with van der Waals surface area (Å²) in [5.41, 5.74) is 2.87. The Morgan fingerprint density at radius 2 is 1.55 bits per heavy atom. The van der Waals surface area contributed by atoms with Gasteiger partial charge in [0.25, 0.3) is 11.8 Å². The summed E-state index contributed by atoms with van der Waals surface area (Å²) in [6.45, 7) is 1.94. The largest absolute Gasteiger partial charge is 0.371 e. The highest BCUT2D eigenvalue weighted by Crippen LogP contribution is 2.28. The first-order valence-corrected chi connectivity index (χ1v) is 10.8. The van der Waals surface area contributed by atoms with Crippen molar-refractivity contribution < 1.29 is 9.59 Å². The first kappa shape index (κ1) is 19.5. The lowest BCUT2D eigenvalue weighted by atomic mass is 9.95. The summed E-state index contributed by atoms with van der Waals surface area (Å²) in [6, 6.07) is 15.1. The van der Waals surface area contributed by atoms with Gasteiger partial charge in [-0.05, 0) is 56.0 Å². The van der Waals surface area contributed by atoms with Gasteiger partial charge in [0.15, 0.2) is 0 Å². The third-order valence-corrected chi connectivity index (χ3v) is 5.92. The van der Waals surface area contributed by atoms with Crippen molar-refractivity contribution >= 4 is 23.2 Å². The van der Waals surface area contributed by atoms with Gasteiger partial charge in [0, 0.05) is 36.1 Å². The number of amides is 2. The van der Waals surface area contributed by atoms with Gasteiger partial charge in [-0.1, -0.05) is 37.5 Å². The predicted octanol–water partition coefficient (Wildman–Crippen LogP) is 4.60. The van der Waals surface area contributed by atoms with E-state index in [9.17, 15) is 9.59 Å². The Morgan fingerprint density at radius 3 is 2.28 bits per heavy atom. The molecule has 2 aromatic carbocycles. The Hall–Kier alpha value is -2.82. The molecule has 4 rings (SSSR count). The molecule has 152 valence electrons. The van der Waals surface area contributed by atoms with E-state index >= 15 is 0 Å². The van der Waals surface area contributed by atoms with E-state index in [2.05, 4.69) is 15.5 Å². The lowest BCUT2D eigenvalue weighted by molar-refractivity contribution is 0.0927. The molecule has 0 bridgehead atoms. The standard InChI is InChI=1S/C24H29N3O2/c28-23(18-9-3-1-4-10-18)26-20-13-14-22(27-15-7-8-16-27)21(17-20)24(29)25-19-11-5-2-6-12-19/h1,3-4,9-10,13-14,17,19H,2,5-8,11-12,15-16H2,(H,25,29)(H,26,28). The van der Waals surface area contributed by atoms with Crippen LogP contribution in [0.3, 0.4) is 0 Å². The van der Waals surface area contributed by atoms with Crippen molar-refractivity contribution in [3.63, 3.8) is 0 Å². The van der Waals surface area contributed by atoms with E-state index in [-0.39, 0.29) is 17.9 Å².